The van der Waals surface area contributed by atoms with Crippen LogP contribution in [0.25, 0.3) is 0 Å². The van der Waals surface area contributed by atoms with E-state index in [4.69, 9.17) is 6.42 Å². The molecule has 1 aliphatic rings. The molecule has 0 saturated carbocycles. The highest BCUT2D eigenvalue weighted by molar-refractivity contribution is 5.32. The van der Waals surface area contributed by atoms with E-state index in [1.54, 1.807) is 0 Å². The van der Waals surface area contributed by atoms with Crippen molar-refractivity contribution in [3.05, 3.63) is 35.4 Å². The van der Waals surface area contributed by atoms with Gasteiger partial charge in [0.25, 0.3) is 0 Å². The fourth-order valence-electron chi connectivity index (χ4n) is 2.69. The van der Waals surface area contributed by atoms with Gasteiger partial charge in [0.2, 0.25) is 0 Å². The van der Waals surface area contributed by atoms with Gasteiger partial charge in [-0.25, -0.2) is 0 Å². The van der Waals surface area contributed by atoms with Crippen molar-refractivity contribution < 1.29 is 0 Å². The van der Waals surface area contributed by atoms with Crippen LogP contribution in [0.2, 0.25) is 0 Å². The van der Waals surface area contributed by atoms with Crippen LogP contribution in [-0.2, 0) is 6.42 Å². The molecule has 0 bridgehead atoms. The summed E-state index contributed by atoms with van der Waals surface area (Å²) in [5, 5.41) is 3.61. The van der Waals surface area contributed by atoms with Gasteiger partial charge in [0.15, 0.2) is 0 Å². The number of hydrogen-bond donors (Lipinski definition) is 1. The highest BCUT2D eigenvalue weighted by Gasteiger charge is 2.20. The highest BCUT2D eigenvalue weighted by Crippen LogP contribution is 2.23. The van der Waals surface area contributed by atoms with Crippen molar-refractivity contribution in [2.75, 3.05) is 26.2 Å². The molecule has 2 nitrogen and oxygen atoms in total. The molecule has 0 aliphatic carbocycles. The van der Waals surface area contributed by atoms with E-state index in [9.17, 15) is 0 Å². The van der Waals surface area contributed by atoms with E-state index in [-0.39, 0.29) is 0 Å². The van der Waals surface area contributed by atoms with Crippen LogP contribution in [0.3, 0.4) is 0 Å². The molecular weight excluding hydrogens is 220 g/mol. The average Bonchev–Trinajstić information content (AvgIpc) is 2.40. The van der Waals surface area contributed by atoms with Gasteiger partial charge in [-0.3, -0.25) is 4.90 Å². The van der Waals surface area contributed by atoms with Crippen LogP contribution >= 0.6 is 0 Å². The number of nitrogens with one attached hydrogen (secondary N) is 1. The number of hydrogen-bond acceptors (Lipinski definition) is 2. The Morgan fingerprint density at radius 3 is 3.06 bits per heavy atom. The Morgan fingerprint density at radius 1 is 1.44 bits per heavy atom. The topological polar surface area (TPSA) is 15.3 Å². The van der Waals surface area contributed by atoms with Crippen molar-refractivity contribution >= 4 is 0 Å². The van der Waals surface area contributed by atoms with Gasteiger partial charge in [-0.15, -0.1) is 6.42 Å². The Bertz CT molecular complexity index is 419. The van der Waals surface area contributed by atoms with E-state index in [0.717, 1.165) is 39.0 Å². The first-order valence-corrected chi connectivity index (χ1v) is 6.82. The summed E-state index contributed by atoms with van der Waals surface area (Å²) in [5.41, 5.74) is 2.93. The zero-order valence-corrected chi connectivity index (χ0v) is 11.2. The second kappa shape index (κ2) is 6.58. The predicted molar refractivity (Wildman–Crippen MR) is 76.5 cm³/mol. The van der Waals surface area contributed by atoms with Gasteiger partial charge in [-0.2, -0.15) is 0 Å². The monoisotopic (exact) mass is 242 g/mol. The Hall–Kier alpha value is -1.30. The maximum atomic E-state index is 5.45. The van der Waals surface area contributed by atoms with Gasteiger partial charge in [-0.05, 0) is 37.1 Å². The molecule has 0 saturated heterocycles. The Kier molecular flexibility index (Phi) is 4.81. The third-order valence-corrected chi connectivity index (χ3v) is 3.51. The Labute approximate surface area is 110 Å². The quantitative estimate of drug-likeness (QED) is 0.797. The third-order valence-electron chi connectivity index (χ3n) is 3.51. The summed E-state index contributed by atoms with van der Waals surface area (Å²) in [6, 6.07) is 9.17. The lowest BCUT2D eigenvalue weighted by atomic mass is 9.94. The molecule has 1 aromatic carbocycles. The first-order chi connectivity index (χ1) is 8.85. The number of nitrogens with zero attached hydrogens (tertiary/aromatic N) is 1. The molecule has 0 aromatic heterocycles. The third kappa shape index (κ3) is 3.13. The standard InChI is InChI=1S/C16H22N2/c1-3-11-18(12-4-2)13-16-15-8-6-5-7-14(15)9-10-17-16/h1,5-8,16-17H,4,9-13H2,2H3. The lowest BCUT2D eigenvalue weighted by Crippen LogP contribution is -2.39. The minimum atomic E-state index is 0.426. The SMILES string of the molecule is C#CCN(CCC)CC1NCCc2ccccc21. The highest BCUT2D eigenvalue weighted by atomic mass is 15.1. The zero-order valence-electron chi connectivity index (χ0n) is 11.2. The van der Waals surface area contributed by atoms with Crippen LogP contribution in [0, 0.1) is 12.3 Å². The molecule has 2 rings (SSSR count). The zero-order chi connectivity index (χ0) is 12.8. The van der Waals surface area contributed by atoms with Crippen LogP contribution in [-0.4, -0.2) is 31.1 Å². The molecule has 1 atom stereocenters. The van der Waals surface area contributed by atoms with Crippen LogP contribution in [0.4, 0.5) is 0 Å². The van der Waals surface area contributed by atoms with Gasteiger partial charge >= 0.3 is 0 Å². The molecule has 96 valence electrons. The molecule has 0 amide bonds. The molecule has 1 heterocycles. The summed E-state index contributed by atoms with van der Waals surface area (Å²) in [7, 11) is 0. The lowest BCUT2D eigenvalue weighted by molar-refractivity contribution is 0.265. The molecule has 0 radical (unpaired) electrons. The summed E-state index contributed by atoms with van der Waals surface area (Å²) in [6.07, 6.45) is 7.73. The van der Waals surface area contributed by atoms with Crippen LogP contribution in [0.15, 0.2) is 24.3 Å². The number of benzene rings is 1. The van der Waals surface area contributed by atoms with E-state index in [0.29, 0.717) is 6.04 Å². The largest absolute Gasteiger partial charge is 0.309 e. The Morgan fingerprint density at radius 2 is 2.28 bits per heavy atom. The second-order valence-electron chi connectivity index (χ2n) is 4.89. The first-order valence-electron chi connectivity index (χ1n) is 6.82. The van der Waals surface area contributed by atoms with Crippen LogP contribution in [0.5, 0.6) is 0 Å². The average molecular weight is 242 g/mol. The van der Waals surface area contributed by atoms with Gasteiger partial charge in [0.05, 0.1) is 6.54 Å². The lowest BCUT2D eigenvalue weighted by Gasteiger charge is -2.31. The molecule has 1 aromatic rings. The predicted octanol–water partition coefficient (Wildman–Crippen LogP) is 2.22. The number of rotatable bonds is 5. The number of fused-ring (bicyclic) bond motifs is 1. The fraction of sp³-hybridized carbons (Fsp3) is 0.500. The molecule has 1 aliphatic heterocycles. The summed E-state index contributed by atoms with van der Waals surface area (Å²) in [6.45, 7) is 6.09. The molecule has 18 heavy (non-hydrogen) atoms. The molecular formula is C16H22N2. The van der Waals surface area contributed by atoms with Crippen molar-refractivity contribution in [2.24, 2.45) is 0 Å². The van der Waals surface area contributed by atoms with Crippen molar-refractivity contribution in [1.82, 2.24) is 10.2 Å². The van der Waals surface area contributed by atoms with E-state index >= 15 is 0 Å². The molecule has 0 spiro atoms. The smallest absolute Gasteiger partial charge is 0.0599 e. The van der Waals surface area contributed by atoms with Gasteiger partial charge in [-0.1, -0.05) is 37.1 Å². The molecule has 1 unspecified atom stereocenters. The van der Waals surface area contributed by atoms with E-state index in [1.807, 2.05) is 0 Å². The number of terminal acetylenes is 1. The molecule has 0 fully saturated rings. The van der Waals surface area contributed by atoms with Crippen molar-refractivity contribution in [3.63, 3.8) is 0 Å². The minimum Gasteiger partial charge on any atom is -0.309 e. The van der Waals surface area contributed by atoms with Gasteiger partial charge < -0.3 is 5.32 Å². The second-order valence-corrected chi connectivity index (χ2v) is 4.89. The van der Waals surface area contributed by atoms with Crippen molar-refractivity contribution in [3.8, 4) is 12.3 Å². The first kappa shape index (κ1) is 13.1. The summed E-state index contributed by atoms with van der Waals surface area (Å²) in [4.78, 5) is 2.36. The normalized spacial score (nSPS) is 18.4. The van der Waals surface area contributed by atoms with E-state index < -0.39 is 0 Å². The van der Waals surface area contributed by atoms with Gasteiger partial charge in [0, 0.05) is 12.6 Å². The van der Waals surface area contributed by atoms with E-state index in [2.05, 4.69) is 47.3 Å². The summed E-state index contributed by atoms with van der Waals surface area (Å²) >= 11 is 0. The Balaban J connectivity index is 2.08. The maximum absolute atomic E-state index is 5.45. The van der Waals surface area contributed by atoms with Gasteiger partial charge in [0.1, 0.15) is 0 Å². The minimum absolute atomic E-state index is 0.426. The van der Waals surface area contributed by atoms with Crippen molar-refractivity contribution in [2.45, 2.75) is 25.8 Å². The molecule has 2 heteroatoms. The van der Waals surface area contributed by atoms with Crippen molar-refractivity contribution in [1.29, 1.82) is 0 Å². The van der Waals surface area contributed by atoms with Crippen LogP contribution in [0.1, 0.15) is 30.5 Å². The maximum Gasteiger partial charge on any atom is 0.0599 e. The van der Waals surface area contributed by atoms with Crippen LogP contribution < -0.4 is 5.32 Å². The van der Waals surface area contributed by atoms with E-state index in [1.165, 1.54) is 11.1 Å². The molecule has 1 N–H and O–H groups in total. The summed E-state index contributed by atoms with van der Waals surface area (Å²) in [5.74, 6) is 2.76. The fourth-order valence-corrected chi connectivity index (χ4v) is 2.69. The summed E-state index contributed by atoms with van der Waals surface area (Å²) < 4.78 is 0.